The molecule has 0 spiro atoms. The van der Waals surface area contributed by atoms with Gasteiger partial charge in [0.2, 0.25) is 5.78 Å². The van der Waals surface area contributed by atoms with Gasteiger partial charge in [-0.05, 0) is 44.7 Å². The number of piperidine rings is 1. The van der Waals surface area contributed by atoms with Crippen LogP contribution in [-0.4, -0.2) is 42.1 Å². The molecule has 19 heavy (non-hydrogen) atoms. The number of nitrogens with zero attached hydrogens (tertiary/aromatic N) is 2. The molecule has 0 saturated carbocycles. The van der Waals surface area contributed by atoms with Gasteiger partial charge in [-0.3, -0.25) is 9.78 Å². The Balaban J connectivity index is 1.55. The van der Waals surface area contributed by atoms with Crippen LogP contribution >= 0.6 is 0 Å². The van der Waals surface area contributed by atoms with Crippen LogP contribution in [0.25, 0.3) is 0 Å². The molecule has 1 aliphatic heterocycles. The molecule has 0 aromatic carbocycles. The average molecular weight is 263 g/mol. The summed E-state index contributed by atoms with van der Waals surface area (Å²) in [4.78, 5) is 19.5. The molecule has 2 heterocycles. The van der Waals surface area contributed by atoms with Crippen LogP contribution in [0.1, 0.15) is 36.2 Å². The van der Waals surface area contributed by atoms with Crippen LogP contribution in [0.5, 0.6) is 0 Å². The maximum absolute atomic E-state index is 11.7. The van der Waals surface area contributed by atoms with Gasteiger partial charge in [-0.25, -0.2) is 4.98 Å². The van der Waals surface area contributed by atoms with E-state index >= 15 is 0 Å². The summed E-state index contributed by atoms with van der Waals surface area (Å²) in [6.07, 6.45) is 9.31. The molecular weight excluding hydrogens is 242 g/mol. The number of nitrogens with one attached hydrogen (secondary N) is 1. The van der Waals surface area contributed by atoms with E-state index in [4.69, 9.17) is 4.74 Å². The number of Topliss-reactive ketones (excluding diaryl/α,β-unsaturated/α-hetero) is 1. The molecule has 1 saturated heterocycles. The maximum atomic E-state index is 11.7. The molecule has 1 atom stereocenters. The minimum Gasteiger partial charge on any atom is -0.373 e. The number of carbonyl (C=O) groups is 1. The molecule has 1 aromatic rings. The van der Waals surface area contributed by atoms with Gasteiger partial charge in [0.05, 0.1) is 6.20 Å². The van der Waals surface area contributed by atoms with E-state index in [9.17, 15) is 4.79 Å². The molecule has 1 N–H and O–H groups in total. The van der Waals surface area contributed by atoms with Crippen molar-refractivity contribution >= 4 is 5.78 Å². The van der Waals surface area contributed by atoms with Gasteiger partial charge >= 0.3 is 0 Å². The van der Waals surface area contributed by atoms with Gasteiger partial charge in [0.1, 0.15) is 12.3 Å². The SMILES string of the molecule is O=C(COCCC[C@H]1CCCNC1)c1cnccn1. The van der Waals surface area contributed by atoms with E-state index in [1.54, 1.807) is 6.20 Å². The molecule has 0 amide bonds. The highest BCUT2D eigenvalue weighted by Gasteiger charge is 2.12. The number of aromatic nitrogens is 2. The van der Waals surface area contributed by atoms with E-state index in [2.05, 4.69) is 15.3 Å². The first kappa shape index (κ1) is 14.1. The number of ether oxygens (including phenoxy) is 1. The number of carbonyl (C=O) groups excluding carboxylic acids is 1. The highest BCUT2D eigenvalue weighted by atomic mass is 16.5. The van der Waals surface area contributed by atoms with Crippen molar-refractivity contribution in [2.75, 3.05) is 26.3 Å². The number of hydrogen-bond donors (Lipinski definition) is 1. The van der Waals surface area contributed by atoms with Gasteiger partial charge in [-0.2, -0.15) is 0 Å². The van der Waals surface area contributed by atoms with Crippen LogP contribution in [0.3, 0.4) is 0 Å². The zero-order valence-corrected chi connectivity index (χ0v) is 11.2. The van der Waals surface area contributed by atoms with Crippen LogP contribution < -0.4 is 5.32 Å². The Morgan fingerprint density at radius 3 is 3.16 bits per heavy atom. The smallest absolute Gasteiger partial charge is 0.208 e. The highest BCUT2D eigenvalue weighted by Crippen LogP contribution is 2.15. The van der Waals surface area contributed by atoms with E-state index < -0.39 is 0 Å². The summed E-state index contributed by atoms with van der Waals surface area (Å²) in [6.45, 7) is 3.02. The van der Waals surface area contributed by atoms with E-state index in [-0.39, 0.29) is 12.4 Å². The summed E-state index contributed by atoms with van der Waals surface area (Å²) in [6, 6.07) is 0. The van der Waals surface area contributed by atoms with Crippen molar-refractivity contribution in [2.24, 2.45) is 5.92 Å². The third-order valence-corrected chi connectivity index (χ3v) is 3.38. The van der Waals surface area contributed by atoms with Gasteiger partial charge in [-0.15, -0.1) is 0 Å². The summed E-state index contributed by atoms with van der Waals surface area (Å²) in [5.74, 6) is 0.667. The Morgan fingerprint density at radius 1 is 1.47 bits per heavy atom. The minimum atomic E-state index is -0.104. The molecule has 1 aromatic heterocycles. The average Bonchev–Trinajstić information content (AvgIpc) is 2.49. The van der Waals surface area contributed by atoms with Gasteiger partial charge in [0, 0.05) is 19.0 Å². The van der Waals surface area contributed by atoms with Crippen molar-refractivity contribution in [3.05, 3.63) is 24.3 Å². The summed E-state index contributed by atoms with van der Waals surface area (Å²) >= 11 is 0. The summed E-state index contributed by atoms with van der Waals surface area (Å²) in [5, 5.41) is 3.41. The predicted molar refractivity (Wildman–Crippen MR) is 72.0 cm³/mol. The van der Waals surface area contributed by atoms with Crippen LogP contribution in [-0.2, 0) is 4.74 Å². The zero-order chi connectivity index (χ0) is 13.3. The van der Waals surface area contributed by atoms with Crippen molar-refractivity contribution in [3.8, 4) is 0 Å². The topological polar surface area (TPSA) is 64.1 Å². The Labute approximate surface area is 113 Å². The Morgan fingerprint density at radius 2 is 2.42 bits per heavy atom. The molecule has 0 aliphatic carbocycles. The molecule has 104 valence electrons. The predicted octanol–water partition coefficient (Wildman–Crippen LogP) is 1.46. The zero-order valence-electron chi connectivity index (χ0n) is 11.2. The van der Waals surface area contributed by atoms with Crippen molar-refractivity contribution < 1.29 is 9.53 Å². The van der Waals surface area contributed by atoms with Gasteiger partial charge in [0.25, 0.3) is 0 Å². The third-order valence-electron chi connectivity index (χ3n) is 3.38. The van der Waals surface area contributed by atoms with E-state index in [0.717, 1.165) is 25.4 Å². The summed E-state index contributed by atoms with van der Waals surface area (Å²) < 4.78 is 5.40. The number of hydrogen-bond acceptors (Lipinski definition) is 5. The fourth-order valence-corrected chi connectivity index (χ4v) is 2.33. The van der Waals surface area contributed by atoms with Crippen molar-refractivity contribution in [2.45, 2.75) is 25.7 Å². The van der Waals surface area contributed by atoms with E-state index in [1.807, 2.05) is 0 Å². The van der Waals surface area contributed by atoms with Crippen LogP contribution in [0.2, 0.25) is 0 Å². The van der Waals surface area contributed by atoms with Crippen molar-refractivity contribution in [1.29, 1.82) is 0 Å². The van der Waals surface area contributed by atoms with E-state index in [1.165, 1.54) is 31.7 Å². The molecule has 1 fully saturated rings. The van der Waals surface area contributed by atoms with Gasteiger partial charge in [-0.1, -0.05) is 0 Å². The molecule has 5 nitrogen and oxygen atoms in total. The maximum Gasteiger partial charge on any atom is 0.208 e. The molecule has 0 bridgehead atoms. The normalized spacial score (nSPS) is 19.3. The lowest BCUT2D eigenvalue weighted by Crippen LogP contribution is -2.29. The first-order valence-electron chi connectivity index (χ1n) is 6.94. The summed E-state index contributed by atoms with van der Waals surface area (Å²) in [5.41, 5.74) is 0.374. The van der Waals surface area contributed by atoms with E-state index in [0.29, 0.717) is 12.3 Å². The summed E-state index contributed by atoms with van der Waals surface area (Å²) in [7, 11) is 0. The molecule has 0 unspecified atom stereocenters. The van der Waals surface area contributed by atoms with Crippen LogP contribution in [0.15, 0.2) is 18.6 Å². The quantitative estimate of drug-likeness (QED) is 0.596. The molecular formula is C14H21N3O2. The number of ketones is 1. The van der Waals surface area contributed by atoms with Crippen molar-refractivity contribution in [1.82, 2.24) is 15.3 Å². The molecule has 2 rings (SSSR count). The second-order valence-electron chi connectivity index (χ2n) is 4.92. The lowest BCUT2D eigenvalue weighted by Gasteiger charge is -2.22. The molecule has 1 aliphatic rings. The second-order valence-corrected chi connectivity index (χ2v) is 4.92. The fourth-order valence-electron chi connectivity index (χ4n) is 2.33. The lowest BCUT2D eigenvalue weighted by molar-refractivity contribution is 0.0740. The first-order chi connectivity index (χ1) is 9.36. The van der Waals surface area contributed by atoms with Crippen LogP contribution in [0.4, 0.5) is 0 Å². The third kappa shape index (κ3) is 5.04. The number of rotatable bonds is 7. The van der Waals surface area contributed by atoms with Crippen molar-refractivity contribution in [3.63, 3.8) is 0 Å². The molecule has 5 heteroatoms. The Hall–Kier alpha value is -1.33. The highest BCUT2D eigenvalue weighted by molar-refractivity contribution is 5.94. The molecule has 0 radical (unpaired) electrons. The largest absolute Gasteiger partial charge is 0.373 e. The Bertz CT molecular complexity index is 378. The first-order valence-corrected chi connectivity index (χ1v) is 6.94. The standard InChI is InChI=1S/C14H21N3O2/c18-14(13-10-16-6-7-17-13)11-19-8-2-4-12-3-1-5-15-9-12/h6-7,10,12,15H,1-5,8-9,11H2/t12-/m1/s1. The second kappa shape index (κ2) is 7.96. The van der Waals surface area contributed by atoms with Crippen LogP contribution in [0, 0.1) is 5.92 Å². The van der Waals surface area contributed by atoms with Gasteiger partial charge in [0.15, 0.2) is 0 Å². The fraction of sp³-hybridized carbons (Fsp3) is 0.643. The van der Waals surface area contributed by atoms with Gasteiger partial charge < -0.3 is 10.1 Å². The monoisotopic (exact) mass is 263 g/mol. The lowest BCUT2D eigenvalue weighted by atomic mass is 9.95. The Kier molecular flexibility index (Phi) is 5.91. The minimum absolute atomic E-state index is 0.0988.